The van der Waals surface area contributed by atoms with Gasteiger partial charge in [-0.3, -0.25) is 18.9 Å². The molecule has 0 aliphatic rings. The average Bonchev–Trinajstić information content (AvgIpc) is 3.07. The molecule has 152 valence electrons. The normalized spacial score (nSPS) is 11.4. The van der Waals surface area contributed by atoms with Gasteiger partial charge in [-0.25, -0.2) is 14.6 Å². The van der Waals surface area contributed by atoms with Gasteiger partial charge in [0.2, 0.25) is 5.95 Å². The van der Waals surface area contributed by atoms with Gasteiger partial charge in [-0.2, -0.15) is 10.1 Å². The summed E-state index contributed by atoms with van der Waals surface area (Å²) >= 11 is 0. The van der Waals surface area contributed by atoms with Gasteiger partial charge in [0.15, 0.2) is 11.2 Å². The van der Waals surface area contributed by atoms with Crippen molar-refractivity contribution in [2.75, 3.05) is 5.43 Å². The van der Waals surface area contributed by atoms with E-state index in [2.05, 4.69) is 20.5 Å². The molecular formula is C20H18FN7O2. The van der Waals surface area contributed by atoms with E-state index in [1.54, 1.807) is 37.8 Å². The molecule has 30 heavy (non-hydrogen) atoms. The van der Waals surface area contributed by atoms with E-state index in [1.165, 1.54) is 34.4 Å². The van der Waals surface area contributed by atoms with E-state index in [4.69, 9.17) is 0 Å². The van der Waals surface area contributed by atoms with Crippen molar-refractivity contribution in [3.8, 4) is 0 Å². The van der Waals surface area contributed by atoms with Crippen LogP contribution in [0.1, 0.15) is 11.1 Å². The third kappa shape index (κ3) is 3.50. The van der Waals surface area contributed by atoms with Gasteiger partial charge in [-0.15, -0.1) is 0 Å². The Morgan fingerprint density at radius 3 is 2.73 bits per heavy atom. The highest BCUT2D eigenvalue weighted by Gasteiger charge is 2.18. The number of nitrogens with zero attached hydrogens (tertiary/aromatic N) is 6. The fourth-order valence-corrected chi connectivity index (χ4v) is 3.12. The number of hydrogen-bond acceptors (Lipinski definition) is 6. The van der Waals surface area contributed by atoms with E-state index in [0.717, 1.165) is 10.1 Å². The summed E-state index contributed by atoms with van der Waals surface area (Å²) in [6.07, 6.45) is 4.87. The summed E-state index contributed by atoms with van der Waals surface area (Å²) in [7, 11) is 3.18. The Bertz CT molecular complexity index is 1370. The molecule has 3 aromatic heterocycles. The van der Waals surface area contributed by atoms with Crippen molar-refractivity contribution in [2.24, 2.45) is 19.2 Å². The van der Waals surface area contributed by atoms with E-state index in [1.807, 2.05) is 6.07 Å². The Labute approximate surface area is 169 Å². The van der Waals surface area contributed by atoms with Crippen molar-refractivity contribution in [2.45, 2.75) is 6.54 Å². The number of hydrazone groups is 1. The van der Waals surface area contributed by atoms with Crippen LogP contribution < -0.4 is 16.7 Å². The topological polar surface area (TPSA) is 99.1 Å². The monoisotopic (exact) mass is 407 g/mol. The lowest BCUT2D eigenvalue weighted by atomic mass is 10.2. The zero-order valence-corrected chi connectivity index (χ0v) is 16.3. The first-order valence-corrected chi connectivity index (χ1v) is 9.05. The second kappa shape index (κ2) is 7.74. The number of aromatic nitrogens is 5. The molecule has 0 amide bonds. The van der Waals surface area contributed by atoms with Crippen LogP contribution in [0.15, 0.2) is 63.5 Å². The van der Waals surface area contributed by atoms with Crippen molar-refractivity contribution in [3.05, 3.63) is 86.6 Å². The number of imidazole rings is 1. The smallest absolute Gasteiger partial charge is 0.306 e. The second-order valence-corrected chi connectivity index (χ2v) is 6.69. The Morgan fingerprint density at radius 1 is 1.17 bits per heavy atom. The summed E-state index contributed by atoms with van der Waals surface area (Å²) in [5.74, 6) is -0.141. The highest BCUT2D eigenvalue weighted by molar-refractivity contribution is 5.80. The molecule has 0 fully saturated rings. The molecule has 0 radical (unpaired) electrons. The lowest BCUT2D eigenvalue weighted by molar-refractivity contribution is 0.616. The van der Waals surface area contributed by atoms with Gasteiger partial charge in [-0.1, -0.05) is 18.2 Å². The molecular weight excluding hydrogens is 389 g/mol. The van der Waals surface area contributed by atoms with E-state index in [-0.39, 0.29) is 17.7 Å². The van der Waals surface area contributed by atoms with Crippen LogP contribution >= 0.6 is 0 Å². The van der Waals surface area contributed by atoms with Crippen LogP contribution in [0.2, 0.25) is 0 Å². The summed E-state index contributed by atoms with van der Waals surface area (Å²) < 4.78 is 17.4. The molecule has 4 aromatic rings. The van der Waals surface area contributed by atoms with E-state index in [0.29, 0.717) is 11.5 Å². The van der Waals surface area contributed by atoms with E-state index < -0.39 is 17.1 Å². The van der Waals surface area contributed by atoms with Crippen LogP contribution in [-0.2, 0) is 20.6 Å². The quantitative estimate of drug-likeness (QED) is 0.399. The summed E-state index contributed by atoms with van der Waals surface area (Å²) in [6.45, 7) is -0.0493. The maximum Gasteiger partial charge on any atom is 0.332 e. The Kier molecular flexibility index (Phi) is 4.97. The molecule has 9 nitrogen and oxygen atoms in total. The molecule has 0 unspecified atom stereocenters. The standard InChI is InChI=1S/C20H18FN7O2/c1-26-16-17(24-19(26)25-23-11-14-6-4-8-22-10-14)27(2)20(30)28(18(16)29)12-13-5-3-7-15(21)9-13/h3-11H,12H2,1-2H3,(H,24,25)/b23-11-. The van der Waals surface area contributed by atoms with Crippen molar-refractivity contribution in [1.82, 2.24) is 23.7 Å². The van der Waals surface area contributed by atoms with E-state index in [9.17, 15) is 14.0 Å². The first kappa shape index (κ1) is 19.2. The van der Waals surface area contributed by atoms with Crippen molar-refractivity contribution in [3.63, 3.8) is 0 Å². The molecule has 0 bridgehead atoms. The Hall–Kier alpha value is -4.08. The molecule has 4 rings (SSSR count). The maximum absolute atomic E-state index is 13.5. The fourth-order valence-electron chi connectivity index (χ4n) is 3.12. The lowest BCUT2D eigenvalue weighted by Gasteiger charge is -2.08. The average molecular weight is 407 g/mol. The third-order valence-electron chi connectivity index (χ3n) is 4.65. The minimum atomic E-state index is -0.541. The first-order chi connectivity index (χ1) is 14.5. The van der Waals surface area contributed by atoms with E-state index >= 15 is 0 Å². The van der Waals surface area contributed by atoms with Crippen LogP contribution in [0.25, 0.3) is 11.2 Å². The highest BCUT2D eigenvalue weighted by atomic mass is 19.1. The minimum Gasteiger partial charge on any atom is -0.306 e. The van der Waals surface area contributed by atoms with Crippen LogP contribution in [-0.4, -0.2) is 29.9 Å². The molecule has 0 atom stereocenters. The van der Waals surface area contributed by atoms with Gasteiger partial charge in [-0.05, 0) is 23.8 Å². The maximum atomic E-state index is 13.5. The van der Waals surface area contributed by atoms with Crippen molar-refractivity contribution in [1.29, 1.82) is 0 Å². The molecule has 1 N–H and O–H groups in total. The number of fused-ring (bicyclic) bond motifs is 1. The second-order valence-electron chi connectivity index (χ2n) is 6.69. The molecule has 1 aromatic carbocycles. The molecule has 0 aliphatic carbocycles. The summed E-state index contributed by atoms with van der Waals surface area (Å²) in [4.78, 5) is 34.1. The molecule has 0 saturated heterocycles. The van der Waals surface area contributed by atoms with Crippen LogP contribution in [0.3, 0.4) is 0 Å². The number of rotatable bonds is 5. The summed E-state index contributed by atoms with van der Waals surface area (Å²) in [6, 6.07) is 9.40. The molecule has 3 heterocycles. The SMILES string of the molecule is Cn1c(N/N=C\c2cccnc2)nc2c1c(=O)n(Cc1cccc(F)c1)c(=O)n2C. The predicted octanol–water partition coefficient (Wildman–Crippen LogP) is 1.46. The Morgan fingerprint density at radius 2 is 2.00 bits per heavy atom. The number of hydrogen-bond donors (Lipinski definition) is 1. The largest absolute Gasteiger partial charge is 0.332 e. The van der Waals surface area contributed by atoms with Gasteiger partial charge >= 0.3 is 5.69 Å². The fraction of sp³-hybridized carbons (Fsp3) is 0.150. The van der Waals surface area contributed by atoms with Crippen molar-refractivity contribution < 1.29 is 4.39 Å². The Balaban J connectivity index is 1.74. The summed E-state index contributed by atoms with van der Waals surface area (Å²) in [5.41, 5.74) is 3.47. The zero-order valence-electron chi connectivity index (χ0n) is 16.3. The zero-order chi connectivity index (χ0) is 21.3. The first-order valence-electron chi connectivity index (χ1n) is 9.05. The molecule has 0 aliphatic heterocycles. The number of pyridine rings is 1. The number of anilines is 1. The predicted molar refractivity (Wildman–Crippen MR) is 111 cm³/mol. The minimum absolute atomic E-state index is 0.0493. The van der Waals surface area contributed by atoms with Gasteiger partial charge < -0.3 is 4.57 Å². The van der Waals surface area contributed by atoms with Crippen LogP contribution in [0.5, 0.6) is 0 Å². The lowest BCUT2D eigenvalue weighted by Crippen LogP contribution is -2.39. The summed E-state index contributed by atoms with van der Waals surface area (Å²) in [5, 5.41) is 4.11. The highest BCUT2D eigenvalue weighted by Crippen LogP contribution is 2.14. The van der Waals surface area contributed by atoms with Crippen LogP contribution in [0.4, 0.5) is 10.3 Å². The molecule has 10 heteroatoms. The van der Waals surface area contributed by atoms with Crippen LogP contribution in [0, 0.1) is 5.82 Å². The van der Waals surface area contributed by atoms with Crippen molar-refractivity contribution >= 4 is 23.3 Å². The molecule has 0 saturated carbocycles. The number of nitrogens with one attached hydrogen (secondary N) is 1. The third-order valence-corrected chi connectivity index (χ3v) is 4.65. The van der Waals surface area contributed by atoms with Gasteiger partial charge in [0.1, 0.15) is 5.82 Å². The van der Waals surface area contributed by atoms with Gasteiger partial charge in [0, 0.05) is 32.1 Å². The number of halogens is 1. The number of aryl methyl sites for hydroxylation is 2. The number of benzene rings is 1. The van der Waals surface area contributed by atoms with Gasteiger partial charge in [0.25, 0.3) is 5.56 Å². The van der Waals surface area contributed by atoms with Gasteiger partial charge in [0.05, 0.1) is 12.8 Å². The molecule has 0 spiro atoms.